The number of hydrogen-bond acceptors (Lipinski definition) is 3. The van der Waals surface area contributed by atoms with Crippen molar-refractivity contribution in [1.29, 1.82) is 0 Å². The minimum atomic E-state index is -4.41. The van der Waals surface area contributed by atoms with Gasteiger partial charge in [-0.25, -0.2) is 4.68 Å². The second kappa shape index (κ2) is 7.03. The molecule has 1 atom stereocenters. The van der Waals surface area contributed by atoms with E-state index in [1.807, 2.05) is 0 Å². The number of carbonyl (C=O) groups is 1. The molecule has 9 heteroatoms. The Morgan fingerprint density at radius 2 is 2.00 bits per heavy atom. The molecule has 1 heterocycles. The van der Waals surface area contributed by atoms with Crippen LogP contribution in [0.2, 0.25) is 5.02 Å². The molecule has 1 unspecified atom stereocenters. The van der Waals surface area contributed by atoms with Crippen molar-refractivity contribution in [3.05, 3.63) is 46.7 Å². The lowest BCUT2D eigenvalue weighted by atomic mass is 10.0. The van der Waals surface area contributed by atoms with Gasteiger partial charge in [0.15, 0.2) is 0 Å². The smallest absolute Gasteiger partial charge is 0.347 e. The minimum Gasteiger partial charge on any atom is -0.347 e. The summed E-state index contributed by atoms with van der Waals surface area (Å²) in [7, 11) is 0. The SMILES string of the molecule is O=C(Cn1cc(C2CC2)nn1)NC(CC(F)(F)F)c1ccc(Cl)cc1. The van der Waals surface area contributed by atoms with Gasteiger partial charge in [0.05, 0.1) is 18.2 Å². The van der Waals surface area contributed by atoms with E-state index >= 15 is 0 Å². The summed E-state index contributed by atoms with van der Waals surface area (Å²) in [5, 5.41) is 10.7. The molecule has 0 spiro atoms. The van der Waals surface area contributed by atoms with Gasteiger partial charge in [-0.2, -0.15) is 13.2 Å². The summed E-state index contributed by atoms with van der Waals surface area (Å²) in [6.07, 6.45) is -1.81. The molecule has 1 aromatic carbocycles. The number of rotatable bonds is 6. The van der Waals surface area contributed by atoms with Crippen molar-refractivity contribution in [1.82, 2.24) is 20.3 Å². The molecule has 1 N–H and O–H groups in total. The minimum absolute atomic E-state index is 0.179. The van der Waals surface area contributed by atoms with Crippen LogP contribution in [-0.4, -0.2) is 27.1 Å². The van der Waals surface area contributed by atoms with Gasteiger partial charge in [-0.1, -0.05) is 28.9 Å². The van der Waals surface area contributed by atoms with Crippen LogP contribution in [0.15, 0.2) is 30.5 Å². The largest absolute Gasteiger partial charge is 0.391 e. The summed E-state index contributed by atoms with van der Waals surface area (Å²) in [6, 6.07) is 4.74. The van der Waals surface area contributed by atoms with Crippen molar-refractivity contribution in [2.45, 2.75) is 43.9 Å². The zero-order valence-corrected chi connectivity index (χ0v) is 13.9. The molecule has 3 rings (SSSR count). The van der Waals surface area contributed by atoms with Gasteiger partial charge in [0.1, 0.15) is 6.54 Å². The molecular weight excluding hydrogens is 357 g/mol. The molecule has 1 saturated carbocycles. The van der Waals surface area contributed by atoms with Crippen LogP contribution in [0.3, 0.4) is 0 Å². The highest BCUT2D eigenvalue weighted by molar-refractivity contribution is 6.30. The third-order valence-corrected chi connectivity index (χ3v) is 4.15. The van der Waals surface area contributed by atoms with Gasteiger partial charge in [-0.3, -0.25) is 4.79 Å². The number of alkyl halides is 3. The van der Waals surface area contributed by atoms with Gasteiger partial charge in [-0.05, 0) is 30.5 Å². The Hall–Kier alpha value is -2.09. The van der Waals surface area contributed by atoms with E-state index in [9.17, 15) is 18.0 Å². The first-order valence-electron chi connectivity index (χ1n) is 7.82. The Balaban J connectivity index is 1.67. The average molecular weight is 373 g/mol. The second-order valence-corrected chi connectivity index (χ2v) is 6.54. The molecule has 5 nitrogen and oxygen atoms in total. The van der Waals surface area contributed by atoms with Crippen LogP contribution in [0.25, 0.3) is 0 Å². The lowest BCUT2D eigenvalue weighted by Crippen LogP contribution is -2.34. The molecule has 1 aromatic heterocycles. The highest BCUT2D eigenvalue weighted by Crippen LogP contribution is 2.38. The highest BCUT2D eigenvalue weighted by Gasteiger charge is 2.33. The number of nitrogens with one attached hydrogen (secondary N) is 1. The first kappa shape index (κ1) is 17.7. The molecule has 0 saturated heterocycles. The highest BCUT2D eigenvalue weighted by atomic mass is 35.5. The Bertz CT molecular complexity index is 741. The fourth-order valence-corrected chi connectivity index (χ4v) is 2.65. The number of carbonyl (C=O) groups excluding carboxylic acids is 1. The fourth-order valence-electron chi connectivity index (χ4n) is 2.52. The number of amides is 1. The Morgan fingerprint density at radius 3 is 2.60 bits per heavy atom. The summed E-state index contributed by atoms with van der Waals surface area (Å²) in [5.41, 5.74) is 1.16. The lowest BCUT2D eigenvalue weighted by molar-refractivity contribution is -0.143. The van der Waals surface area contributed by atoms with Crippen LogP contribution >= 0.6 is 11.6 Å². The predicted octanol–water partition coefficient (Wildman–Crippen LogP) is 3.62. The van der Waals surface area contributed by atoms with Gasteiger partial charge < -0.3 is 5.32 Å². The maximum absolute atomic E-state index is 12.8. The standard InChI is InChI=1S/C16H16ClF3N4O/c17-12-5-3-10(4-6-12)13(7-16(18,19)20)21-15(25)9-24-8-14(22-23-24)11-1-2-11/h3-6,8,11,13H,1-2,7,9H2,(H,21,25). The first-order valence-corrected chi connectivity index (χ1v) is 8.19. The summed E-state index contributed by atoms with van der Waals surface area (Å²) in [4.78, 5) is 12.2. The van der Waals surface area contributed by atoms with E-state index in [-0.39, 0.29) is 6.54 Å². The van der Waals surface area contributed by atoms with Crippen molar-refractivity contribution >= 4 is 17.5 Å². The molecule has 2 aromatic rings. The fraction of sp³-hybridized carbons (Fsp3) is 0.438. The normalized spacial score (nSPS) is 15.8. The van der Waals surface area contributed by atoms with Gasteiger partial charge in [-0.15, -0.1) is 5.10 Å². The second-order valence-electron chi connectivity index (χ2n) is 6.11. The summed E-state index contributed by atoms with van der Waals surface area (Å²) in [6.45, 7) is -0.179. The van der Waals surface area contributed by atoms with Gasteiger partial charge in [0.2, 0.25) is 5.91 Å². The molecule has 1 amide bonds. The number of aromatic nitrogens is 3. The van der Waals surface area contributed by atoms with E-state index in [2.05, 4.69) is 15.6 Å². The van der Waals surface area contributed by atoms with Crippen LogP contribution in [0.1, 0.15) is 42.5 Å². The topological polar surface area (TPSA) is 59.8 Å². The summed E-state index contributed by atoms with van der Waals surface area (Å²) in [5.74, 6) is -0.166. The zero-order chi connectivity index (χ0) is 18.0. The maximum atomic E-state index is 12.8. The lowest BCUT2D eigenvalue weighted by Gasteiger charge is -2.20. The Labute approximate surface area is 147 Å². The van der Waals surface area contributed by atoms with Crippen molar-refractivity contribution in [2.75, 3.05) is 0 Å². The van der Waals surface area contributed by atoms with Crippen LogP contribution in [0.5, 0.6) is 0 Å². The number of hydrogen-bond donors (Lipinski definition) is 1. The van der Waals surface area contributed by atoms with Crippen LogP contribution in [0, 0.1) is 0 Å². The van der Waals surface area contributed by atoms with Crippen molar-refractivity contribution < 1.29 is 18.0 Å². The average Bonchev–Trinajstić information content (AvgIpc) is 3.26. The van der Waals surface area contributed by atoms with Crippen LogP contribution in [-0.2, 0) is 11.3 Å². The maximum Gasteiger partial charge on any atom is 0.391 e. The number of benzene rings is 1. The first-order chi connectivity index (χ1) is 11.8. The van der Waals surface area contributed by atoms with E-state index < -0.39 is 24.5 Å². The van der Waals surface area contributed by atoms with E-state index in [0.717, 1.165) is 18.5 Å². The molecule has 1 fully saturated rings. The van der Waals surface area contributed by atoms with Crippen molar-refractivity contribution in [3.8, 4) is 0 Å². The van der Waals surface area contributed by atoms with Crippen LogP contribution < -0.4 is 5.32 Å². The van der Waals surface area contributed by atoms with Gasteiger partial charge in [0, 0.05) is 17.1 Å². The van der Waals surface area contributed by atoms with E-state index in [1.165, 1.54) is 28.9 Å². The number of nitrogens with zero attached hydrogens (tertiary/aromatic N) is 3. The Kier molecular flexibility index (Phi) is 4.99. The zero-order valence-electron chi connectivity index (χ0n) is 13.1. The third-order valence-electron chi connectivity index (χ3n) is 3.90. The summed E-state index contributed by atoms with van der Waals surface area (Å²) >= 11 is 5.77. The molecule has 1 aliphatic carbocycles. The van der Waals surface area contributed by atoms with Crippen molar-refractivity contribution in [3.63, 3.8) is 0 Å². The van der Waals surface area contributed by atoms with Crippen LogP contribution in [0.4, 0.5) is 13.2 Å². The third kappa shape index (κ3) is 5.19. The van der Waals surface area contributed by atoms with E-state index in [0.29, 0.717) is 16.5 Å². The molecule has 0 radical (unpaired) electrons. The van der Waals surface area contributed by atoms with Gasteiger partial charge >= 0.3 is 6.18 Å². The predicted molar refractivity (Wildman–Crippen MR) is 85.0 cm³/mol. The Morgan fingerprint density at radius 1 is 1.32 bits per heavy atom. The monoisotopic (exact) mass is 372 g/mol. The van der Waals surface area contributed by atoms with Gasteiger partial charge in [0.25, 0.3) is 0 Å². The molecular formula is C16H16ClF3N4O. The molecule has 0 bridgehead atoms. The van der Waals surface area contributed by atoms with Crippen molar-refractivity contribution in [2.24, 2.45) is 0 Å². The molecule has 25 heavy (non-hydrogen) atoms. The molecule has 0 aliphatic heterocycles. The number of halogens is 4. The quantitative estimate of drug-likeness (QED) is 0.842. The summed E-state index contributed by atoms with van der Waals surface area (Å²) < 4.78 is 39.9. The molecule has 134 valence electrons. The molecule has 1 aliphatic rings. The van der Waals surface area contributed by atoms with E-state index in [1.54, 1.807) is 6.20 Å². The van der Waals surface area contributed by atoms with E-state index in [4.69, 9.17) is 11.6 Å².